The summed E-state index contributed by atoms with van der Waals surface area (Å²) < 4.78 is 12.9. The molecule has 0 bridgehead atoms. The third-order valence-corrected chi connectivity index (χ3v) is 1.66. The van der Waals surface area contributed by atoms with E-state index in [0.717, 1.165) is 6.07 Å². The second kappa shape index (κ2) is 4.41. The molecule has 1 rings (SSSR count). The minimum atomic E-state index is -1.17. The molecule has 0 aromatic heterocycles. The number of halogens is 1. The minimum Gasteiger partial charge on any atom is -0.480 e. The number of carbonyl (C=O) groups is 2. The highest BCUT2D eigenvalue weighted by atomic mass is 19.1. The number of carboxylic acids is 1. The van der Waals surface area contributed by atoms with Gasteiger partial charge in [0, 0.05) is 5.56 Å². The van der Waals surface area contributed by atoms with Gasteiger partial charge < -0.3 is 16.2 Å². The Balaban J connectivity index is 2.74. The summed E-state index contributed by atoms with van der Waals surface area (Å²) in [5.41, 5.74) is 5.18. The maximum atomic E-state index is 12.9. The largest absolute Gasteiger partial charge is 0.480 e. The lowest BCUT2D eigenvalue weighted by molar-refractivity contribution is -0.135. The summed E-state index contributed by atoms with van der Waals surface area (Å²) in [4.78, 5) is 21.4. The molecule has 80 valence electrons. The molecule has 6 heteroatoms. The van der Waals surface area contributed by atoms with Gasteiger partial charge in [-0.3, -0.25) is 9.59 Å². The van der Waals surface area contributed by atoms with Crippen molar-refractivity contribution in [2.75, 3.05) is 12.3 Å². The van der Waals surface area contributed by atoms with Crippen molar-refractivity contribution in [2.45, 2.75) is 0 Å². The van der Waals surface area contributed by atoms with E-state index in [1.54, 1.807) is 0 Å². The first-order valence-corrected chi connectivity index (χ1v) is 4.05. The lowest BCUT2D eigenvalue weighted by atomic mass is 10.2. The summed E-state index contributed by atoms with van der Waals surface area (Å²) in [6.45, 7) is -0.509. The van der Waals surface area contributed by atoms with Crippen LogP contribution in [-0.2, 0) is 4.79 Å². The Morgan fingerprint density at radius 1 is 1.47 bits per heavy atom. The summed E-state index contributed by atoms with van der Waals surface area (Å²) >= 11 is 0. The third kappa shape index (κ3) is 2.94. The van der Waals surface area contributed by atoms with E-state index in [2.05, 4.69) is 5.32 Å². The number of carboxylic acid groups (broad SMARTS) is 1. The van der Waals surface area contributed by atoms with E-state index in [9.17, 15) is 14.0 Å². The Morgan fingerprint density at radius 2 is 2.13 bits per heavy atom. The van der Waals surface area contributed by atoms with Crippen LogP contribution >= 0.6 is 0 Å². The fourth-order valence-electron chi connectivity index (χ4n) is 0.926. The second-order valence-corrected chi connectivity index (χ2v) is 2.81. The van der Waals surface area contributed by atoms with E-state index in [0.29, 0.717) is 0 Å². The Labute approximate surface area is 84.7 Å². The number of nitrogens with two attached hydrogens (primary N) is 1. The van der Waals surface area contributed by atoms with Crippen LogP contribution in [0.3, 0.4) is 0 Å². The van der Waals surface area contributed by atoms with Crippen molar-refractivity contribution >= 4 is 17.6 Å². The van der Waals surface area contributed by atoms with Crippen LogP contribution in [0.4, 0.5) is 10.1 Å². The van der Waals surface area contributed by atoms with Crippen molar-refractivity contribution in [2.24, 2.45) is 0 Å². The van der Waals surface area contributed by atoms with Crippen molar-refractivity contribution in [3.63, 3.8) is 0 Å². The van der Waals surface area contributed by atoms with Crippen LogP contribution in [0.15, 0.2) is 18.2 Å². The van der Waals surface area contributed by atoms with Gasteiger partial charge >= 0.3 is 5.97 Å². The summed E-state index contributed by atoms with van der Waals surface area (Å²) in [5, 5.41) is 10.4. The van der Waals surface area contributed by atoms with Gasteiger partial charge in [0.05, 0.1) is 5.69 Å². The van der Waals surface area contributed by atoms with E-state index in [-0.39, 0.29) is 11.3 Å². The van der Waals surface area contributed by atoms with Crippen LogP contribution in [-0.4, -0.2) is 23.5 Å². The summed E-state index contributed by atoms with van der Waals surface area (Å²) in [5.74, 6) is -2.53. The number of anilines is 1. The molecule has 1 aromatic carbocycles. The predicted molar refractivity (Wildman–Crippen MR) is 50.8 cm³/mol. The predicted octanol–water partition coefficient (Wildman–Crippen LogP) is 0.222. The van der Waals surface area contributed by atoms with Crippen LogP contribution in [0.25, 0.3) is 0 Å². The highest BCUT2D eigenvalue weighted by Gasteiger charge is 2.09. The van der Waals surface area contributed by atoms with Gasteiger partial charge in [0.15, 0.2) is 0 Å². The molecule has 0 spiro atoms. The third-order valence-electron chi connectivity index (χ3n) is 1.66. The molecule has 1 amide bonds. The lowest BCUT2D eigenvalue weighted by Crippen LogP contribution is -2.29. The minimum absolute atomic E-state index is 0.0305. The average molecular weight is 212 g/mol. The van der Waals surface area contributed by atoms with Crippen molar-refractivity contribution in [1.82, 2.24) is 5.32 Å². The molecule has 0 unspecified atom stereocenters. The van der Waals surface area contributed by atoms with E-state index in [4.69, 9.17) is 10.8 Å². The van der Waals surface area contributed by atoms with E-state index >= 15 is 0 Å². The van der Waals surface area contributed by atoms with Gasteiger partial charge in [-0.25, -0.2) is 4.39 Å². The summed E-state index contributed by atoms with van der Waals surface area (Å²) in [6.07, 6.45) is 0. The normalized spacial score (nSPS) is 9.67. The fraction of sp³-hybridized carbons (Fsp3) is 0.111. The smallest absolute Gasteiger partial charge is 0.322 e. The van der Waals surface area contributed by atoms with E-state index < -0.39 is 24.2 Å². The first kappa shape index (κ1) is 11.0. The first-order valence-electron chi connectivity index (χ1n) is 4.05. The number of rotatable bonds is 3. The zero-order valence-corrected chi connectivity index (χ0v) is 7.66. The van der Waals surface area contributed by atoms with Crippen molar-refractivity contribution in [3.8, 4) is 0 Å². The molecule has 15 heavy (non-hydrogen) atoms. The van der Waals surface area contributed by atoms with Gasteiger partial charge in [0.1, 0.15) is 12.4 Å². The highest BCUT2D eigenvalue weighted by molar-refractivity contribution is 5.96. The topological polar surface area (TPSA) is 92.4 Å². The van der Waals surface area contributed by atoms with E-state index in [1.165, 1.54) is 12.1 Å². The maximum absolute atomic E-state index is 12.9. The Kier molecular flexibility index (Phi) is 3.22. The van der Waals surface area contributed by atoms with Gasteiger partial charge in [-0.15, -0.1) is 0 Å². The summed E-state index contributed by atoms with van der Waals surface area (Å²) in [6, 6.07) is 3.51. The van der Waals surface area contributed by atoms with Crippen LogP contribution in [0.2, 0.25) is 0 Å². The standard InChI is InChI=1S/C9H9FN2O3/c10-6-3-5(1-2-7(6)11)9(15)12-4-8(13)14/h1-3H,4,11H2,(H,12,15)(H,13,14)/i10+0. The SMILES string of the molecule is Nc1ccc(C(=O)NCC(=O)O)cc1[19F]. The molecule has 0 saturated carbocycles. The molecule has 0 saturated heterocycles. The summed E-state index contributed by atoms with van der Waals surface area (Å²) in [7, 11) is 0. The Hall–Kier alpha value is -2.11. The van der Waals surface area contributed by atoms with Crippen molar-refractivity contribution in [3.05, 3.63) is 29.6 Å². The number of hydrogen-bond donors (Lipinski definition) is 3. The number of nitrogen functional groups attached to an aromatic ring is 1. The molecule has 0 aliphatic heterocycles. The Morgan fingerprint density at radius 3 is 2.67 bits per heavy atom. The van der Waals surface area contributed by atoms with Gasteiger partial charge in [-0.1, -0.05) is 0 Å². The van der Waals surface area contributed by atoms with Gasteiger partial charge in [0.25, 0.3) is 5.91 Å². The van der Waals surface area contributed by atoms with Crippen molar-refractivity contribution in [1.29, 1.82) is 0 Å². The molecular weight excluding hydrogens is 203 g/mol. The Bertz CT molecular complexity index is 406. The molecule has 5 nitrogen and oxygen atoms in total. The number of aliphatic carboxylic acids is 1. The zero-order chi connectivity index (χ0) is 11.4. The van der Waals surface area contributed by atoms with Crippen LogP contribution in [0, 0.1) is 5.82 Å². The number of hydrogen-bond acceptors (Lipinski definition) is 3. The second-order valence-electron chi connectivity index (χ2n) is 2.81. The fourth-order valence-corrected chi connectivity index (χ4v) is 0.926. The van der Waals surface area contributed by atoms with E-state index in [1.807, 2.05) is 0 Å². The monoisotopic (exact) mass is 212 g/mol. The number of carbonyl (C=O) groups excluding carboxylic acids is 1. The highest BCUT2D eigenvalue weighted by Crippen LogP contribution is 2.11. The molecule has 0 atom stereocenters. The van der Waals surface area contributed by atoms with Crippen LogP contribution in [0.1, 0.15) is 10.4 Å². The zero-order valence-electron chi connectivity index (χ0n) is 7.66. The average Bonchev–Trinajstić information content (AvgIpc) is 2.18. The molecule has 0 heterocycles. The number of nitrogens with one attached hydrogen (secondary N) is 1. The first-order chi connectivity index (χ1) is 7.00. The van der Waals surface area contributed by atoms with Gasteiger partial charge in [-0.2, -0.15) is 0 Å². The molecule has 1 aromatic rings. The van der Waals surface area contributed by atoms with Crippen LogP contribution in [0.5, 0.6) is 0 Å². The molecule has 0 aliphatic rings. The molecular formula is C9H9FN2O3. The quantitative estimate of drug-likeness (QED) is 0.625. The van der Waals surface area contributed by atoms with Crippen molar-refractivity contribution < 1.29 is 19.1 Å². The molecule has 4 N–H and O–H groups in total. The van der Waals surface area contributed by atoms with Gasteiger partial charge in [-0.05, 0) is 18.2 Å². The number of benzene rings is 1. The lowest BCUT2D eigenvalue weighted by Gasteiger charge is -2.03. The number of amides is 1. The van der Waals surface area contributed by atoms with Crippen LogP contribution < -0.4 is 11.1 Å². The molecule has 0 fully saturated rings. The van der Waals surface area contributed by atoms with Gasteiger partial charge in [0.2, 0.25) is 0 Å². The molecule has 0 aliphatic carbocycles. The maximum Gasteiger partial charge on any atom is 0.322 e. The molecule has 0 radical (unpaired) electrons.